The van der Waals surface area contributed by atoms with E-state index in [1.165, 1.54) is 6.26 Å². The third-order valence-corrected chi connectivity index (χ3v) is 2.09. The van der Waals surface area contributed by atoms with E-state index in [9.17, 15) is 18.0 Å². The minimum absolute atomic E-state index is 0.109. The summed E-state index contributed by atoms with van der Waals surface area (Å²) in [5.41, 5.74) is 0.157. The van der Waals surface area contributed by atoms with Gasteiger partial charge in [0.1, 0.15) is 6.26 Å². The number of halogens is 3. The summed E-state index contributed by atoms with van der Waals surface area (Å²) in [5, 5.41) is 2.18. The van der Waals surface area contributed by atoms with Crippen LogP contribution < -0.4 is 5.32 Å². The van der Waals surface area contributed by atoms with Crippen LogP contribution in [0.1, 0.15) is 16.1 Å². The van der Waals surface area contributed by atoms with Crippen molar-refractivity contribution in [2.45, 2.75) is 6.92 Å². The second-order valence-electron chi connectivity index (χ2n) is 3.50. The van der Waals surface area contributed by atoms with E-state index in [-0.39, 0.29) is 11.6 Å². The summed E-state index contributed by atoms with van der Waals surface area (Å²) < 4.78 is 43.3. The van der Waals surface area contributed by atoms with Crippen molar-refractivity contribution in [3.8, 4) is 0 Å². The minimum Gasteiger partial charge on any atom is -0.432 e. The van der Waals surface area contributed by atoms with Crippen LogP contribution in [0.5, 0.6) is 0 Å². The van der Waals surface area contributed by atoms with E-state index in [0.29, 0.717) is 17.8 Å². The Morgan fingerprint density at radius 2 is 1.89 bits per heavy atom. The summed E-state index contributed by atoms with van der Waals surface area (Å²) in [6.07, 6.45) is 1.29. The Labute approximate surface area is 99.4 Å². The zero-order chi connectivity index (χ0) is 13.3. The van der Waals surface area contributed by atoms with Crippen LogP contribution in [-0.4, -0.2) is 10.9 Å². The summed E-state index contributed by atoms with van der Waals surface area (Å²) in [6, 6.07) is 1.07. The molecule has 1 N–H and O–H groups in total. The first-order valence-corrected chi connectivity index (χ1v) is 4.85. The van der Waals surface area contributed by atoms with Crippen molar-refractivity contribution in [2.24, 2.45) is 0 Å². The molecule has 0 fully saturated rings. The van der Waals surface area contributed by atoms with Gasteiger partial charge in [0.15, 0.2) is 17.5 Å². The Morgan fingerprint density at radius 1 is 1.28 bits per heavy atom. The Balaban J connectivity index is 2.24. The molecule has 0 aliphatic rings. The third kappa shape index (κ3) is 2.34. The molecule has 2 aromatic rings. The standard InChI is InChI=1S/C11H7F3N2O2/c1-5-4-18-11(15-5)16-10(17)6-2-7(12)9(14)8(13)3-6/h2-4H,1H3,(H,15,16,17). The number of nitrogens with zero attached hydrogens (tertiary/aromatic N) is 1. The average Bonchev–Trinajstić information content (AvgIpc) is 2.71. The first-order chi connectivity index (χ1) is 8.47. The number of hydrogen-bond acceptors (Lipinski definition) is 3. The van der Waals surface area contributed by atoms with Crippen LogP contribution in [0.3, 0.4) is 0 Å². The molecular weight excluding hydrogens is 249 g/mol. The van der Waals surface area contributed by atoms with Gasteiger partial charge in [0, 0.05) is 5.56 Å². The SMILES string of the molecule is Cc1coc(NC(=O)c2cc(F)c(F)c(F)c2)n1. The van der Waals surface area contributed by atoms with Gasteiger partial charge in [0.25, 0.3) is 5.91 Å². The van der Waals surface area contributed by atoms with E-state index in [2.05, 4.69) is 10.3 Å². The van der Waals surface area contributed by atoms with Gasteiger partial charge in [-0.2, -0.15) is 4.98 Å². The van der Waals surface area contributed by atoms with E-state index in [4.69, 9.17) is 4.42 Å². The summed E-state index contributed by atoms with van der Waals surface area (Å²) in [7, 11) is 0. The number of hydrogen-bond donors (Lipinski definition) is 1. The Morgan fingerprint density at radius 3 is 2.39 bits per heavy atom. The first-order valence-electron chi connectivity index (χ1n) is 4.85. The number of nitrogens with one attached hydrogen (secondary N) is 1. The van der Waals surface area contributed by atoms with Crippen molar-refractivity contribution in [3.63, 3.8) is 0 Å². The molecule has 1 amide bonds. The molecule has 0 atom stereocenters. The van der Waals surface area contributed by atoms with Gasteiger partial charge in [0.05, 0.1) is 5.69 Å². The molecule has 0 aliphatic carbocycles. The number of carbonyl (C=O) groups excluding carboxylic acids is 1. The number of amides is 1. The number of oxazole rings is 1. The molecule has 18 heavy (non-hydrogen) atoms. The Kier molecular flexibility index (Phi) is 3.05. The smallest absolute Gasteiger partial charge is 0.301 e. The Bertz CT molecular complexity index is 587. The summed E-state index contributed by atoms with van der Waals surface area (Å²) in [6.45, 7) is 1.64. The maximum absolute atomic E-state index is 12.9. The lowest BCUT2D eigenvalue weighted by Crippen LogP contribution is -2.13. The van der Waals surface area contributed by atoms with Gasteiger partial charge in [-0.1, -0.05) is 0 Å². The van der Waals surface area contributed by atoms with Gasteiger partial charge < -0.3 is 4.42 Å². The molecule has 4 nitrogen and oxygen atoms in total. The van der Waals surface area contributed by atoms with E-state index in [0.717, 1.165) is 0 Å². The van der Waals surface area contributed by atoms with Gasteiger partial charge in [-0.25, -0.2) is 13.2 Å². The lowest BCUT2D eigenvalue weighted by Gasteiger charge is -2.02. The van der Waals surface area contributed by atoms with E-state index in [1.807, 2.05) is 0 Å². The maximum atomic E-state index is 12.9. The highest BCUT2D eigenvalue weighted by Gasteiger charge is 2.16. The Hall–Kier alpha value is -2.31. The van der Waals surface area contributed by atoms with Gasteiger partial charge in [0.2, 0.25) is 0 Å². The van der Waals surface area contributed by atoms with Crippen LogP contribution in [0.25, 0.3) is 0 Å². The molecule has 94 valence electrons. The predicted molar refractivity (Wildman–Crippen MR) is 55.5 cm³/mol. The van der Waals surface area contributed by atoms with Crippen LogP contribution >= 0.6 is 0 Å². The van der Waals surface area contributed by atoms with Gasteiger partial charge in [-0.3, -0.25) is 10.1 Å². The zero-order valence-corrected chi connectivity index (χ0v) is 9.13. The second kappa shape index (κ2) is 4.52. The highest BCUT2D eigenvalue weighted by atomic mass is 19.2. The molecular formula is C11H7F3N2O2. The third-order valence-electron chi connectivity index (χ3n) is 2.09. The van der Waals surface area contributed by atoms with Gasteiger partial charge >= 0.3 is 6.01 Å². The van der Waals surface area contributed by atoms with Crippen LogP contribution in [0.4, 0.5) is 19.2 Å². The maximum Gasteiger partial charge on any atom is 0.301 e. The normalized spacial score (nSPS) is 10.4. The molecule has 7 heteroatoms. The number of benzene rings is 1. The lowest BCUT2D eigenvalue weighted by atomic mass is 10.2. The van der Waals surface area contributed by atoms with Gasteiger partial charge in [-0.05, 0) is 19.1 Å². The largest absolute Gasteiger partial charge is 0.432 e. The molecule has 0 aliphatic heterocycles. The highest BCUT2D eigenvalue weighted by molar-refractivity contribution is 6.03. The topological polar surface area (TPSA) is 55.1 Å². The molecule has 0 saturated heterocycles. The number of rotatable bonds is 2. The quantitative estimate of drug-likeness (QED) is 0.840. The molecule has 1 heterocycles. The van der Waals surface area contributed by atoms with Crippen LogP contribution in [0.2, 0.25) is 0 Å². The molecule has 1 aromatic carbocycles. The molecule has 0 saturated carbocycles. The highest BCUT2D eigenvalue weighted by Crippen LogP contribution is 2.15. The minimum atomic E-state index is -1.63. The molecule has 0 spiro atoms. The van der Waals surface area contributed by atoms with E-state index >= 15 is 0 Å². The average molecular weight is 256 g/mol. The number of carbonyl (C=O) groups is 1. The van der Waals surface area contributed by atoms with E-state index < -0.39 is 23.4 Å². The number of anilines is 1. The molecule has 2 rings (SSSR count). The summed E-state index contributed by atoms with van der Waals surface area (Å²) in [4.78, 5) is 15.4. The fourth-order valence-corrected chi connectivity index (χ4v) is 1.27. The molecule has 0 bridgehead atoms. The molecule has 0 radical (unpaired) electrons. The van der Waals surface area contributed by atoms with Gasteiger partial charge in [-0.15, -0.1) is 0 Å². The first kappa shape index (κ1) is 12.2. The van der Waals surface area contributed by atoms with Crippen molar-refractivity contribution >= 4 is 11.9 Å². The van der Waals surface area contributed by atoms with Crippen molar-refractivity contribution in [1.82, 2.24) is 4.98 Å². The summed E-state index contributed by atoms with van der Waals surface area (Å²) >= 11 is 0. The summed E-state index contributed by atoms with van der Waals surface area (Å²) in [5.74, 6) is -5.36. The molecule has 1 aromatic heterocycles. The molecule has 0 unspecified atom stereocenters. The zero-order valence-electron chi connectivity index (χ0n) is 9.13. The van der Waals surface area contributed by atoms with Crippen molar-refractivity contribution < 1.29 is 22.4 Å². The van der Waals surface area contributed by atoms with Crippen LogP contribution in [0, 0.1) is 24.4 Å². The lowest BCUT2D eigenvalue weighted by molar-refractivity contribution is 0.102. The van der Waals surface area contributed by atoms with Crippen LogP contribution in [0.15, 0.2) is 22.8 Å². The van der Waals surface area contributed by atoms with E-state index in [1.54, 1.807) is 6.92 Å². The fraction of sp³-hybridized carbons (Fsp3) is 0.0909. The number of aryl methyl sites for hydroxylation is 1. The monoisotopic (exact) mass is 256 g/mol. The second-order valence-corrected chi connectivity index (χ2v) is 3.50. The van der Waals surface area contributed by atoms with Crippen LogP contribution in [-0.2, 0) is 0 Å². The van der Waals surface area contributed by atoms with Crippen molar-refractivity contribution in [2.75, 3.05) is 5.32 Å². The van der Waals surface area contributed by atoms with Crippen molar-refractivity contribution in [3.05, 3.63) is 47.1 Å². The van der Waals surface area contributed by atoms with Crippen molar-refractivity contribution in [1.29, 1.82) is 0 Å². The predicted octanol–water partition coefficient (Wildman–Crippen LogP) is 2.65. The fourth-order valence-electron chi connectivity index (χ4n) is 1.27. The number of aromatic nitrogens is 1.